The summed E-state index contributed by atoms with van der Waals surface area (Å²) in [5.74, 6) is 2.07. The lowest BCUT2D eigenvalue weighted by Crippen LogP contribution is -2.64. The van der Waals surface area contributed by atoms with Gasteiger partial charge in [0.2, 0.25) is 0 Å². The molecule has 0 amide bonds. The zero-order valence-corrected chi connectivity index (χ0v) is 36.1. The number of methoxy groups -OCH3 is 1. The van der Waals surface area contributed by atoms with Crippen molar-refractivity contribution in [1.82, 2.24) is 0 Å². The quantitative estimate of drug-likeness (QED) is 0.0786. The molecule has 0 heterocycles. The molecule has 8 nitrogen and oxygen atoms in total. The van der Waals surface area contributed by atoms with Crippen molar-refractivity contribution in [2.45, 2.75) is 111 Å². The van der Waals surface area contributed by atoms with Crippen LogP contribution in [0.2, 0.25) is 0 Å². The average Bonchev–Trinajstić information content (AvgIpc) is 3.23. The predicted molar refractivity (Wildman–Crippen MR) is 230 cm³/mol. The van der Waals surface area contributed by atoms with Gasteiger partial charge in [0.1, 0.15) is 12.5 Å². The van der Waals surface area contributed by atoms with Crippen LogP contribution in [0.3, 0.4) is 0 Å². The van der Waals surface area contributed by atoms with E-state index in [1.807, 2.05) is 84.9 Å². The third-order valence-electron chi connectivity index (χ3n) is 14.5. The second-order valence-corrected chi connectivity index (χ2v) is 18.6. The Morgan fingerprint density at radius 2 is 1.15 bits per heavy atom. The Balaban J connectivity index is 1.22. The number of aliphatic hydroxyl groups is 1. The largest absolute Gasteiger partial charge is 0.493 e. The molecule has 4 aromatic rings. The lowest BCUT2D eigenvalue weighted by atomic mass is 9.37. The van der Waals surface area contributed by atoms with Crippen LogP contribution in [0.25, 0.3) is 0 Å². The van der Waals surface area contributed by atoms with Gasteiger partial charge < -0.3 is 38.3 Å². The first-order valence-corrected chi connectivity index (χ1v) is 21.6. The molecule has 8 heteroatoms. The van der Waals surface area contributed by atoms with Crippen molar-refractivity contribution in [2.24, 2.45) is 34.0 Å². The van der Waals surface area contributed by atoms with Crippen LogP contribution in [0, 0.1) is 34.0 Å². The van der Waals surface area contributed by atoms with E-state index < -0.39 is 11.7 Å². The molecule has 3 aliphatic carbocycles. The number of benzene rings is 4. The van der Waals surface area contributed by atoms with E-state index in [0.29, 0.717) is 54.5 Å². The minimum atomic E-state index is -1.01. The van der Waals surface area contributed by atoms with Gasteiger partial charge in [-0.1, -0.05) is 125 Å². The summed E-state index contributed by atoms with van der Waals surface area (Å²) in [5.41, 5.74) is 3.19. The lowest BCUT2D eigenvalue weighted by molar-refractivity contribution is -0.264. The van der Waals surface area contributed by atoms with E-state index in [9.17, 15) is 5.11 Å². The second-order valence-electron chi connectivity index (χ2n) is 18.6. The standard InChI is InChI=1S/C51H66O8/c1-48(2)25-16-26-49(3)43(48)23-27-50(4)44(49)24-28-51(5,59-36-56-33-39-21-14-9-15-22-39)47(50)45(52)41-29-40(57-34-54-31-37-17-10-7-11-18-37)30-42(53-6)46(41)58-35-55-32-38-19-12-8-13-20-38/h7-15,17-22,29-30,43-45,47,52H,16,23-28,31-36H2,1-6H3/t43-,44+,45?,47-,49-,50+,51-/m0/s1. The third-order valence-corrected chi connectivity index (χ3v) is 14.5. The minimum Gasteiger partial charge on any atom is -0.493 e. The first-order chi connectivity index (χ1) is 28.5. The van der Waals surface area contributed by atoms with Gasteiger partial charge in [-0.15, -0.1) is 0 Å². The number of rotatable bonds is 18. The maximum Gasteiger partial charge on any atom is 0.189 e. The molecule has 7 rings (SSSR count). The number of ether oxygens (including phenoxy) is 7. The van der Waals surface area contributed by atoms with Crippen molar-refractivity contribution in [3.05, 3.63) is 125 Å². The summed E-state index contributed by atoms with van der Waals surface area (Å²) in [6.45, 7) is 13.5. The maximum absolute atomic E-state index is 13.3. The van der Waals surface area contributed by atoms with Crippen molar-refractivity contribution >= 4 is 0 Å². The molecular weight excluding hydrogens is 741 g/mol. The molecule has 3 saturated carbocycles. The van der Waals surface area contributed by atoms with Crippen LogP contribution in [-0.2, 0) is 38.8 Å². The molecule has 0 radical (unpaired) electrons. The fourth-order valence-corrected chi connectivity index (χ4v) is 11.8. The molecule has 3 aliphatic rings. The Hall–Kier alpha value is -3.92. The summed E-state index contributed by atoms with van der Waals surface area (Å²) in [4.78, 5) is 0. The molecule has 0 spiro atoms. The highest BCUT2D eigenvalue weighted by Gasteiger charge is 2.66. The van der Waals surface area contributed by atoms with Crippen molar-refractivity contribution < 1.29 is 38.3 Å². The first-order valence-electron chi connectivity index (χ1n) is 21.6. The van der Waals surface area contributed by atoms with Crippen molar-refractivity contribution in [3.63, 3.8) is 0 Å². The van der Waals surface area contributed by atoms with Crippen LogP contribution < -0.4 is 14.2 Å². The SMILES string of the molecule is COc1cc(OCOCc2ccccc2)cc(C(O)[C@H]2[C@]3(C)CC[C@H]4C(C)(C)CCC[C@]4(C)[C@H]3CC[C@]2(C)OCOCc2ccccc2)c1OCOCc1ccccc1. The second kappa shape index (κ2) is 18.8. The van der Waals surface area contributed by atoms with E-state index in [1.54, 1.807) is 13.2 Å². The van der Waals surface area contributed by atoms with E-state index >= 15 is 0 Å². The first kappa shape index (κ1) is 43.2. The molecule has 0 aromatic heterocycles. The molecule has 0 bridgehead atoms. The van der Waals surface area contributed by atoms with Crippen LogP contribution in [0.15, 0.2) is 103 Å². The average molecular weight is 807 g/mol. The maximum atomic E-state index is 13.3. The van der Waals surface area contributed by atoms with Crippen LogP contribution in [0.4, 0.5) is 0 Å². The van der Waals surface area contributed by atoms with Gasteiger partial charge >= 0.3 is 0 Å². The summed E-state index contributed by atoms with van der Waals surface area (Å²) >= 11 is 0. The van der Waals surface area contributed by atoms with Crippen LogP contribution >= 0.6 is 0 Å². The molecular formula is C51H66O8. The van der Waals surface area contributed by atoms with Crippen LogP contribution in [0.1, 0.15) is 108 Å². The highest BCUT2D eigenvalue weighted by atomic mass is 16.7. The topological polar surface area (TPSA) is 84.8 Å². The van der Waals surface area contributed by atoms with E-state index in [2.05, 4.69) is 46.8 Å². The molecule has 0 aliphatic heterocycles. The molecule has 59 heavy (non-hydrogen) atoms. The monoisotopic (exact) mass is 806 g/mol. The summed E-state index contributed by atoms with van der Waals surface area (Å²) in [6.07, 6.45) is 6.61. The Morgan fingerprint density at radius 1 is 0.610 bits per heavy atom. The van der Waals surface area contributed by atoms with Gasteiger partial charge in [0.15, 0.2) is 25.1 Å². The van der Waals surface area contributed by atoms with Gasteiger partial charge in [0.05, 0.1) is 38.6 Å². The minimum absolute atomic E-state index is 0.0201. The fourth-order valence-electron chi connectivity index (χ4n) is 11.8. The van der Waals surface area contributed by atoms with E-state index in [4.69, 9.17) is 33.2 Å². The highest BCUT2D eigenvalue weighted by molar-refractivity contribution is 5.53. The van der Waals surface area contributed by atoms with Crippen molar-refractivity contribution in [2.75, 3.05) is 27.5 Å². The Bertz CT molecular complexity index is 1920. The van der Waals surface area contributed by atoms with Crippen LogP contribution in [0.5, 0.6) is 17.2 Å². The fraction of sp³-hybridized carbons (Fsp3) is 0.529. The summed E-state index contributed by atoms with van der Waals surface area (Å²) < 4.78 is 43.9. The van der Waals surface area contributed by atoms with E-state index in [-0.39, 0.29) is 42.5 Å². The number of hydrogen-bond donors (Lipinski definition) is 1. The van der Waals surface area contributed by atoms with Gasteiger partial charge in [-0.3, -0.25) is 0 Å². The Kier molecular flexibility index (Phi) is 13.7. The Labute approximate surface area is 352 Å². The van der Waals surface area contributed by atoms with Crippen molar-refractivity contribution in [3.8, 4) is 17.2 Å². The molecule has 0 saturated heterocycles. The van der Waals surface area contributed by atoms with E-state index in [1.165, 1.54) is 19.3 Å². The lowest BCUT2D eigenvalue weighted by Gasteiger charge is -2.68. The zero-order chi connectivity index (χ0) is 41.5. The molecule has 1 unspecified atom stereocenters. The number of aliphatic hydroxyl groups excluding tert-OH is 1. The smallest absolute Gasteiger partial charge is 0.189 e. The van der Waals surface area contributed by atoms with Gasteiger partial charge in [0, 0.05) is 17.5 Å². The normalized spacial score (nSPS) is 27.9. The van der Waals surface area contributed by atoms with Gasteiger partial charge in [0.25, 0.3) is 0 Å². The van der Waals surface area contributed by atoms with Gasteiger partial charge in [-0.2, -0.15) is 0 Å². The number of fused-ring (bicyclic) bond motifs is 3. The van der Waals surface area contributed by atoms with Crippen molar-refractivity contribution in [1.29, 1.82) is 0 Å². The Morgan fingerprint density at radius 3 is 1.73 bits per heavy atom. The third kappa shape index (κ3) is 9.53. The predicted octanol–water partition coefficient (Wildman–Crippen LogP) is 11.4. The van der Waals surface area contributed by atoms with Gasteiger partial charge in [-0.05, 0) is 96.3 Å². The van der Waals surface area contributed by atoms with Gasteiger partial charge in [-0.25, -0.2) is 0 Å². The number of hydrogen-bond acceptors (Lipinski definition) is 8. The molecule has 1 N–H and O–H groups in total. The highest BCUT2D eigenvalue weighted by Crippen LogP contribution is 2.71. The zero-order valence-electron chi connectivity index (χ0n) is 36.1. The van der Waals surface area contributed by atoms with E-state index in [0.717, 1.165) is 42.4 Å². The summed E-state index contributed by atoms with van der Waals surface area (Å²) in [7, 11) is 1.61. The molecule has 3 fully saturated rings. The molecule has 318 valence electrons. The summed E-state index contributed by atoms with van der Waals surface area (Å²) in [6, 6.07) is 33.9. The summed E-state index contributed by atoms with van der Waals surface area (Å²) in [5, 5.41) is 13.3. The van der Waals surface area contributed by atoms with Crippen LogP contribution in [-0.4, -0.2) is 38.2 Å². The molecule has 4 aromatic carbocycles. The molecule has 7 atom stereocenters.